The lowest BCUT2D eigenvalue weighted by Gasteiger charge is -2.42. The molecule has 1 aliphatic rings. The average Bonchev–Trinajstić information content (AvgIpc) is 2.79. The number of aryl methyl sites for hydroxylation is 1. The van der Waals surface area contributed by atoms with Crippen molar-refractivity contribution < 1.29 is 27.4 Å². The number of nitrogens with zero attached hydrogens (tertiary/aromatic N) is 2. The van der Waals surface area contributed by atoms with Gasteiger partial charge in [-0.05, 0) is 38.2 Å². The van der Waals surface area contributed by atoms with Crippen LogP contribution in [0.25, 0.3) is 10.9 Å². The van der Waals surface area contributed by atoms with Gasteiger partial charge in [-0.2, -0.15) is 0 Å². The predicted molar refractivity (Wildman–Crippen MR) is 137 cm³/mol. The van der Waals surface area contributed by atoms with E-state index in [4.69, 9.17) is 14.2 Å². The number of fused-ring (bicyclic) bond motifs is 1. The van der Waals surface area contributed by atoms with Crippen LogP contribution in [0.2, 0.25) is 0 Å². The SMILES string of the molecule is COc1cc2nc(C)nc(N[C@H](C)c3cccc(C(C)(F)F)c3F)c2cc1OCCOC1CC(C)(C)C1. The highest BCUT2D eigenvalue weighted by Crippen LogP contribution is 2.42. The monoisotopic (exact) mass is 517 g/mol. The van der Waals surface area contributed by atoms with Crippen molar-refractivity contribution in [3.05, 3.63) is 53.1 Å². The molecule has 0 unspecified atom stereocenters. The van der Waals surface area contributed by atoms with Gasteiger partial charge in [-0.1, -0.05) is 32.0 Å². The van der Waals surface area contributed by atoms with Crippen LogP contribution in [0.1, 0.15) is 63.5 Å². The van der Waals surface area contributed by atoms with Gasteiger partial charge in [0.25, 0.3) is 5.92 Å². The van der Waals surface area contributed by atoms with E-state index in [1.807, 2.05) is 0 Å². The number of hydrogen-bond acceptors (Lipinski definition) is 6. The fourth-order valence-electron chi connectivity index (χ4n) is 4.80. The first-order chi connectivity index (χ1) is 17.4. The number of aromatic nitrogens is 2. The smallest absolute Gasteiger partial charge is 0.273 e. The molecule has 1 N–H and O–H groups in total. The summed E-state index contributed by atoms with van der Waals surface area (Å²) < 4.78 is 60.1. The molecule has 4 rings (SSSR count). The van der Waals surface area contributed by atoms with Crippen LogP contribution in [0.4, 0.5) is 19.0 Å². The maximum absolute atomic E-state index is 15.0. The molecule has 1 fully saturated rings. The van der Waals surface area contributed by atoms with Crippen molar-refractivity contribution in [3.8, 4) is 11.5 Å². The Bertz CT molecular complexity index is 1270. The summed E-state index contributed by atoms with van der Waals surface area (Å²) in [6.45, 7) is 9.36. The summed E-state index contributed by atoms with van der Waals surface area (Å²) in [7, 11) is 1.55. The molecule has 1 heterocycles. The van der Waals surface area contributed by atoms with E-state index < -0.39 is 23.3 Å². The van der Waals surface area contributed by atoms with Gasteiger partial charge in [0.15, 0.2) is 11.5 Å². The van der Waals surface area contributed by atoms with Crippen LogP contribution >= 0.6 is 0 Å². The predicted octanol–water partition coefficient (Wildman–Crippen LogP) is 6.95. The Kier molecular flexibility index (Phi) is 7.55. The third kappa shape index (κ3) is 6.09. The fraction of sp³-hybridized carbons (Fsp3) is 0.500. The largest absolute Gasteiger partial charge is 0.493 e. The minimum atomic E-state index is -3.29. The zero-order chi connectivity index (χ0) is 27.0. The number of hydrogen-bond donors (Lipinski definition) is 1. The molecule has 0 radical (unpaired) electrons. The molecule has 0 aliphatic heterocycles. The average molecular weight is 518 g/mol. The summed E-state index contributed by atoms with van der Waals surface area (Å²) in [6.07, 6.45) is 2.34. The van der Waals surface area contributed by atoms with Crippen LogP contribution in [-0.2, 0) is 10.7 Å². The molecule has 0 amide bonds. The van der Waals surface area contributed by atoms with Crippen molar-refractivity contribution in [1.82, 2.24) is 9.97 Å². The van der Waals surface area contributed by atoms with Gasteiger partial charge in [0.2, 0.25) is 0 Å². The van der Waals surface area contributed by atoms with Crippen molar-refractivity contribution in [2.24, 2.45) is 5.41 Å². The zero-order valence-corrected chi connectivity index (χ0v) is 22.1. The van der Waals surface area contributed by atoms with Crippen molar-refractivity contribution in [2.45, 2.75) is 65.5 Å². The molecule has 200 valence electrons. The molecule has 2 aromatic carbocycles. The molecule has 1 saturated carbocycles. The van der Waals surface area contributed by atoms with Gasteiger partial charge in [-0.3, -0.25) is 0 Å². The highest BCUT2D eigenvalue weighted by Gasteiger charge is 2.36. The van der Waals surface area contributed by atoms with Crippen LogP contribution in [0.15, 0.2) is 30.3 Å². The lowest BCUT2D eigenvalue weighted by Crippen LogP contribution is -2.38. The number of ether oxygens (including phenoxy) is 3. The van der Waals surface area contributed by atoms with Gasteiger partial charge in [0.1, 0.15) is 24.1 Å². The molecule has 1 aromatic heterocycles. The van der Waals surface area contributed by atoms with Crippen LogP contribution in [0.3, 0.4) is 0 Å². The molecule has 0 saturated heterocycles. The molecule has 9 heteroatoms. The number of benzene rings is 2. The van der Waals surface area contributed by atoms with E-state index in [-0.39, 0.29) is 11.7 Å². The van der Waals surface area contributed by atoms with Crippen LogP contribution in [-0.4, -0.2) is 36.4 Å². The van der Waals surface area contributed by atoms with Gasteiger partial charge in [-0.25, -0.2) is 23.1 Å². The van der Waals surface area contributed by atoms with E-state index >= 15 is 0 Å². The normalized spacial score (nSPS) is 16.4. The van der Waals surface area contributed by atoms with Crippen molar-refractivity contribution >= 4 is 16.7 Å². The zero-order valence-electron chi connectivity index (χ0n) is 22.1. The van der Waals surface area contributed by atoms with E-state index in [1.165, 1.54) is 12.1 Å². The Labute approximate surface area is 215 Å². The summed E-state index contributed by atoms with van der Waals surface area (Å²) in [5, 5.41) is 3.81. The second-order valence-electron chi connectivity index (χ2n) is 10.5. The Morgan fingerprint density at radius 2 is 1.86 bits per heavy atom. The Morgan fingerprint density at radius 3 is 2.51 bits per heavy atom. The Balaban J connectivity index is 1.56. The Hall–Kier alpha value is -3.07. The maximum atomic E-state index is 15.0. The quantitative estimate of drug-likeness (QED) is 0.294. The summed E-state index contributed by atoms with van der Waals surface area (Å²) in [6, 6.07) is 6.88. The molecule has 3 aromatic rings. The summed E-state index contributed by atoms with van der Waals surface area (Å²) in [5.41, 5.74) is 0.418. The highest BCUT2D eigenvalue weighted by molar-refractivity contribution is 5.92. The summed E-state index contributed by atoms with van der Waals surface area (Å²) in [4.78, 5) is 9.00. The molecule has 0 spiro atoms. The molecular weight excluding hydrogens is 483 g/mol. The molecule has 6 nitrogen and oxygen atoms in total. The number of alkyl halides is 2. The van der Waals surface area contributed by atoms with Gasteiger partial charge in [0.05, 0.1) is 36.9 Å². The highest BCUT2D eigenvalue weighted by atomic mass is 19.3. The van der Waals surface area contributed by atoms with Crippen molar-refractivity contribution in [3.63, 3.8) is 0 Å². The third-order valence-corrected chi connectivity index (χ3v) is 6.67. The second kappa shape index (κ2) is 10.4. The van der Waals surface area contributed by atoms with Gasteiger partial charge in [-0.15, -0.1) is 0 Å². The summed E-state index contributed by atoms with van der Waals surface area (Å²) >= 11 is 0. The third-order valence-electron chi connectivity index (χ3n) is 6.67. The molecule has 37 heavy (non-hydrogen) atoms. The van der Waals surface area contributed by atoms with E-state index in [0.717, 1.165) is 18.9 Å². The van der Waals surface area contributed by atoms with Crippen molar-refractivity contribution in [2.75, 3.05) is 25.6 Å². The number of methoxy groups -OCH3 is 1. The molecule has 1 aliphatic carbocycles. The van der Waals surface area contributed by atoms with E-state index in [1.54, 1.807) is 33.1 Å². The lowest BCUT2D eigenvalue weighted by atomic mass is 9.70. The van der Waals surface area contributed by atoms with E-state index in [9.17, 15) is 13.2 Å². The first-order valence-electron chi connectivity index (χ1n) is 12.4. The van der Waals surface area contributed by atoms with Gasteiger partial charge < -0.3 is 19.5 Å². The van der Waals surface area contributed by atoms with E-state index in [2.05, 4.69) is 29.1 Å². The Morgan fingerprint density at radius 1 is 1.14 bits per heavy atom. The van der Waals surface area contributed by atoms with Gasteiger partial charge in [0, 0.05) is 23.9 Å². The number of rotatable bonds is 10. The topological polar surface area (TPSA) is 65.5 Å². The molecule has 0 bridgehead atoms. The lowest BCUT2D eigenvalue weighted by molar-refractivity contribution is -0.0716. The van der Waals surface area contributed by atoms with Crippen LogP contribution in [0.5, 0.6) is 11.5 Å². The standard InChI is InChI=1S/C28H34F3N3O3/c1-16(19-8-7-9-21(25(19)29)28(5,30)31)32-26-20-12-24(23(35-6)13-22(20)33-17(2)34-26)37-11-10-36-18-14-27(3,4)15-18/h7-9,12-13,16,18H,10-11,14-15H2,1-6H3,(H,32,33,34)/t16-/m1/s1. The number of anilines is 1. The fourth-order valence-corrected chi connectivity index (χ4v) is 4.80. The van der Waals surface area contributed by atoms with Gasteiger partial charge >= 0.3 is 0 Å². The minimum absolute atomic E-state index is 0.116. The van der Waals surface area contributed by atoms with Crippen LogP contribution in [0, 0.1) is 18.2 Å². The van der Waals surface area contributed by atoms with Crippen molar-refractivity contribution in [1.29, 1.82) is 0 Å². The molecular formula is C28H34F3N3O3. The van der Waals surface area contributed by atoms with Crippen LogP contribution < -0.4 is 14.8 Å². The first kappa shape index (κ1) is 27.0. The number of halogens is 3. The first-order valence-corrected chi connectivity index (χ1v) is 12.4. The summed E-state index contributed by atoms with van der Waals surface area (Å²) in [5.74, 6) is -2.30. The molecule has 1 atom stereocenters. The maximum Gasteiger partial charge on any atom is 0.273 e. The minimum Gasteiger partial charge on any atom is -0.493 e. The number of nitrogens with one attached hydrogen (secondary N) is 1. The van der Waals surface area contributed by atoms with E-state index in [0.29, 0.717) is 59.6 Å². The second-order valence-corrected chi connectivity index (χ2v) is 10.5.